The van der Waals surface area contributed by atoms with E-state index < -0.39 is 13.2 Å². The van der Waals surface area contributed by atoms with Gasteiger partial charge in [0.15, 0.2) is 0 Å². The Bertz CT molecular complexity index is 30.9. The average molecular weight is 179 g/mol. The molecule has 3 heteroatoms. The van der Waals surface area contributed by atoms with Crippen molar-refractivity contribution in [1.82, 2.24) is 0 Å². The molecule has 0 amide bonds. The molecular formula is C4H10AlClNi. The summed E-state index contributed by atoms with van der Waals surface area (Å²) >= 11 is -0.688. The second-order valence-corrected chi connectivity index (χ2v) is 6.09. The second-order valence-electron chi connectivity index (χ2n) is 1.41. The van der Waals surface area contributed by atoms with E-state index in [4.69, 9.17) is 10.0 Å². The molecule has 0 spiro atoms. The summed E-state index contributed by atoms with van der Waals surface area (Å²) in [5.74, 6) is 0. The second kappa shape index (κ2) is 7.32. The minimum Gasteiger partial charge on any atom is -0.261 e. The van der Waals surface area contributed by atoms with Gasteiger partial charge in [-0.05, 0) is 0 Å². The van der Waals surface area contributed by atoms with Crippen LogP contribution in [0.2, 0.25) is 10.6 Å². The molecule has 0 saturated carbocycles. The van der Waals surface area contributed by atoms with Crippen LogP contribution in [0.3, 0.4) is 0 Å². The van der Waals surface area contributed by atoms with Crippen molar-refractivity contribution in [1.29, 1.82) is 0 Å². The first-order chi connectivity index (χ1) is 2.81. The van der Waals surface area contributed by atoms with Crippen LogP contribution in [-0.2, 0) is 16.5 Å². The van der Waals surface area contributed by atoms with E-state index in [2.05, 4.69) is 13.8 Å². The summed E-state index contributed by atoms with van der Waals surface area (Å²) in [6.45, 7) is 4.32. The molecule has 0 radical (unpaired) electrons. The average Bonchev–Trinajstić information content (AvgIpc) is 1.65. The predicted molar refractivity (Wildman–Crippen MR) is 32.6 cm³/mol. The van der Waals surface area contributed by atoms with Crippen molar-refractivity contribution in [2.45, 2.75) is 24.4 Å². The van der Waals surface area contributed by atoms with Crippen LogP contribution >= 0.6 is 10.0 Å². The summed E-state index contributed by atoms with van der Waals surface area (Å²) in [7, 11) is 5.79. The van der Waals surface area contributed by atoms with Gasteiger partial charge in [0, 0.05) is 16.5 Å². The van der Waals surface area contributed by atoms with E-state index in [1.165, 1.54) is 10.6 Å². The third kappa shape index (κ3) is 7.32. The molecule has 7 heavy (non-hydrogen) atoms. The van der Waals surface area contributed by atoms with E-state index >= 15 is 0 Å². The molecule has 0 aromatic heterocycles. The molecule has 0 aliphatic carbocycles. The van der Waals surface area contributed by atoms with Gasteiger partial charge in [0.1, 0.15) is 0 Å². The molecule has 46 valence electrons. The van der Waals surface area contributed by atoms with Crippen molar-refractivity contribution in [2.75, 3.05) is 0 Å². The molecule has 0 fully saturated rings. The maximum absolute atomic E-state index is 5.79. The minimum atomic E-state index is -0.688. The first-order valence-corrected chi connectivity index (χ1v) is 5.83. The zero-order valence-corrected chi connectivity index (χ0v) is 7.58. The Morgan fingerprint density at radius 3 is 1.57 bits per heavy atom. The topological polar surface area (TPSA) is 0 Å². The van der Waals surface area contributed by atoms with Gasteiger partial charge in [-0.2, -0.15) is 0 Å². The Hall–Kier alpha value is 1.32. The standard InChI is InChI=1S/2C2H5.Al.ClH.Ni/c2*1-2;;;/h2*1H2,2H3;;1H;/q;;+1;;/p-1. The monoisotopic (exact) mass is 178 g/mol. The molecule has 0 aromatic carbocycles. The van der Waals surface area contributed by atoms with Gasteiger partial charge in [0.25, 0.3) is 0 Å². The van der Waals surface area contributed by atoms with Gasteiger partial charge < -0.3 is 0 Å². The van der Waals surface area contributed by atoms with Crippen LogP contribution in [0.1, 0.15) is 13.8 Å². The smallest absolute Gasteiger partial charge is 0.261 e. The van der Waals surface area contributed by atoms with E-state index in [0.717, 1.165) is 0 Å². The van der Waals surface area contributed by atoms with Gasteiger partial charge in [-0.1, -0.05) is 24.4 Å². The molecule has 0 unspecified atom stereocenters. The third-order valence-electron chi connectivity index (χ3n) is 0.886. The number of rotatable bonds is 2. The number of hydrogen-bond donors (Lipinski definition) is 0. The fourth-order valence-electron chi connectivity index (χ4n) is 0.289. The predicted octanol–water partition coefficient (Wildman–Crippen LogP) is 2.25. The normalized spacial score (nSPS) is 7.29. The fourth-order valence-corrected chi connectivity index (χ4v) is 0.866. The van der Waals surface area contributed by atoms with E-state index in [-0.39, 0.29) is 16.5 Å². The number of hydrogen-bond acceptors (Lipinski definition) is 0. The summed E-state index contributed by atoms with van der Waals surface area (Å²) in [6, 6.07) is 0. The summed E-state index contributed by atoms with van der Waals surface area (Å²) in [5.41, 5.74) is 0. The minimum absolute atomic E-state index is 0. The van der Waals surface area contributed by atoms with Gasteiger partial charge in [-0.25, -0.2) is 0 Å². The zero-order valence-electron chi connectivity index (χ0n) is 4.69. The Morgan fingerprint density at radius 2 is 1.57 bits per heavy atom. The Kier molecular flexibility index (Phi) is 11.7. The summed E-state index contributed by atoms with van der Waals surface area (Å²) in [5, 5.41) is 2.47. The van der Waals surface area contributed by atoms with Crippen LogP contribution in [0.15, 0.2) is 0 Å². The Balaban J connectivity index is 0. The van der Waals surface area contributed by atoms with Gasteiger partial charge in [0.05, 0.1) is 0 Å². The SMILES string of the molecule is C[CH2][Al]([Cl])[CH2]C.[Ni]. The first kappa shape index (κ1) is 11.2. The van der Waals surface area contributed by atoms with Crippen LogP contribution < -0.4 is 0 Å². The van der Waals surface area contributed by atoms with Crippen LogP contribution in [0, 0.1) is 0 Å². The molecule has 0 bridgehead atoms. The summed E-state index contributed by atoms with van der Waals surface area (Å²) < 4.78 is 0. The molecule has 0 rings (SSSR count). The van der Waals surface area contributed by atoms with Crippen molar-refractivity contribution < 1.29 is 16.5 Å². The Morgan fingerprint density at radius 1 is 1.29 bits per heavy atom. The van der Waals surface area contributed by atoms with E-state index in [1.807, 2.05) is 0 Å². The van der Waals surface area contributed by atoms with Crippen molar-refractivity contribution in [3.63, 3.8) is 0 Å². The summed E-state index contributed by atoms with van der Waals surface area (Å²) in [4.78, 5) is 0. The third-order valence-corrected chi connectivity index (χ3v) is 4.51. The summed E-state index contributed by atoms with van der Waals surface area (Å²) in [6.07, 6.45) is 0. The molecule has 0 nitrogen and oxygen atoms in total. The van der Waals surface area contributed by atoms with Crippen molar-refractivity contribution >= 4 is 23.3 Å². The molecule has 0 atom stereocenters. The van der Waals surface area contributed by atoms with E-state index in [1.54, 1.807) is 0 Å². The molecule has 0 aliphatic heterocycles. The van der Waals surface area contributed by atoms with Crippen molar-refractivity contribution in [3.8, 4) is 0 Å². The van der Waals surface area contributed by atoms with Crippen LogP contribution in [0.5, 0.6) is 0 Å². The van der Waals surface area contributed by atoms with Crippen molar-refractivity contribution in [3.05, 3.63) is 0 Å². The number of halogens is 1. The molecule has 0 N–H and O–H groups in total. The van der Waals surface area contributed by atoms with Crippen molar-refractivity contribution in [2.24, 2.45) is 0 Å². The molecule has 0 heterocycles. The maximum Gasteiger partial charge on any atom is 0.399 e. The molecular weight excluding hydrogens is 169 g/mol. The Labute approximate surface area is 64.1 Å². The fraction of sp³-hybridized carbons (Fsp3) is 1.00. The van der Waals surface area contributed by atoms with Gasteiger partial charge in [0.2, 0.25) is 0 Å². The first-order valence-electron chi connectivity index (χ1n) is 2.45. The van der Waals surface area contributed by atoms with E-state index in [0.29, 0.717) is 0 Å². The van der Waals surface area contributed by atoms with Crippen LogP contribution in [-0.4, -0.2) is 13.2 Å². The van der Waals surface area contributed by atoms with Crippen LogP contribution in [0.25, 0.3) is 0 Å². The molecule has 0 aromatic rings. The zero-order chi connectivity index (χ0) is 4.99. The van der Waals surface area contributed by atoms with Crippen LogP contribution in [0.4, 0.5) is 0 Å². The molecule has 0 aliphatic rings. The van der Waals surface area contributed by atoms with Gasteiger partial charge >= 0.3 is 13.2 Å². The molecule has 0 saturated heterocycles. The van der Waals surface area contributed by atoms with E-state index in [9.17, 15) is 0 Å². The maximum atomic E-state index is 5.79. The largest absolute Gasteiger partial charge is 0.399 e. The van der Waals surface area contributed by atoms with Gasteiger partial charge in [-0.3, -0.25) is 10.0 Å². The van der Waals surface area contributed by atoms with Gasteiger partial charge in [-0.15, -0.1) is 0 Å². The quantitative estimate of drug-likeness (QED) is 0.570.